The first-order valence-corrected chi connectivity index (χ1v) is 8.98. The largest absolute Gasteiger partial charge is 0.302 e. The molecule has 110 valence electrons. The normalized spacial score (nSPS) is 33.8. The van der Waals surface area contributed by atoms with Gasteiger partial charge in [0.2, 0.25) is 0 Å². The molecule has 1 aliphatic carbocycles. The van der Waals surface area contributed by atoms with Gasteiger partial charge >= 0.3 is 0 Å². The SMILES string of the molecule is CN(CC1CCCC(C)(C)C1=O)C1CCS(=O)(=O)C1. The summed E-state index contributed by atoms with van der Waals surface area (Å²) < 4.78 is 23.0. The fourth-order valence-corrected chi connectivity index (χ4v) is 5.20. The fraction of sp³-hybridized carbons (Fsp3) is 0.929. The summed E-state index contributed by atoms with van der Waals surface area (Å²) in [6, 6.07) is 0.0999. The average Bonchev–Trinajstić information content (AvgIpc) is 2.65. The predicted octanol–water partition coefficient (Wildman–Crippen LogP) is 1.50. The van der Waals surface area contributed by atoms with Gasteiger partial charge in [0.15, 0.2) is 9.84 Å². The van der Waals surface area contributed by atoms with Crippen molar-refractivity contribution in [1.82, 2.24) is 4.90 Å². The molecule has 2 rings (SSSR count). The lowest BCUT2D eigenvalue weighted by molar-refractivity contribution is -0.135. The zero-order chi connectivity index (χ0) is 14.3. The quantitative estimate of drug-likeness (QED) is 0.789. The molecule has 0 amide bonds. The number of carbonyl (C=O) groups excluding carboxylic acids is 1. The zero-order valence-corrected chi connectivity index (χ0v) is 13.0. The minimum atomic E-state index is -2.84. The standard InChI is InChI=1S/C14H25NO3S/c1-14(2)7-4-5-11(13(14)16)9-15(3)12-6-8-19(17,18)10-12/h11-12H,4-10H2,1-3H3. The Morgan fingerprint density at radius 1 is 1.32 bits per heavy atom. The third-order valence-corrected chi connectivity index (χ3v) is 6.48. The van der Waals surface area contributed by atoms with Gasteiger partial charge in [0.05, 0.1) is 11.5 Å². The number of carbonyl (C=O) groups is 1. The van der Waals surface area contributed by atoms with E-state index in [0.717, 1.165) is 19.3 Å². The lowest BCUT2D eigenvalue weighted by Crippen LogP contribution is -2.44. The molecule has 0 aromatic rings. The number of nitrogens with zero attached hydrogens (tertiary/aromatic N) is 1. The summed E-state index contributed by atoms with van der Waals surface area (Å²) in [5.41, 5.74) is -0.203. The molecule has 1 saturated carbocycles. The predicted molar refractivity (Wildman–Crippen MR) is 75.8 cm³/mol. The monoisotopic (exact) mass is 287 g/mol. The van der Waals surface area contributed by atoms with E-state index in [4.69, 9.17) is 0 Å². The first kappa shape index (κ1) is 15.0. The summed E-state index contributed by atoms with van der Waals surface area (Å²) in [7, 11) is -0.886. The van der Waals surface area contributed by atoms with E-state index in [1.54, 1.807) is 0 Å². The summed E-state index contributed by atoms with van der Waals surface area (Å²) in [5.74, 6) is 0.989. The van der Waals surface area contributed by atoms with Gasteiger partial charge in [-0.15, -0.1) is 0 Å². The van der Waals surface area contributed by atoms with Crippen LogP contribution in [0.25, 0.3) is 0 Å². The van der Waals surface area contributed by atoms with Gasteiger partial charge in [0.1, 0.15) is 5.78 Å². The Morgan fingerprint density at radius 3 is 2.58 bits per heavy atom. The number of Topliss-reactive ketones (excluding diaryl/α,β-unsaturated/α-hetero) is 1. The lowest BCUT2D eigenvalue weighted by atomic mass is 9.71. The second-order valence-corrected chi connectivity index (χ2v) is 9.06. The van der Waals surface area contributed by atoms with E-state index in [2.05, 4.69) is 4.90 Å². The summed E-state index contributed by atoms with van der Waals surface area (Å²) in [6.45, 7) is 4.77. The molecular formula is C14H25NO3S. The van der Waals surface area contributed by atoms with Crippen LogP contribution in [0.15, 0.2) is 0 Å². The first-order chi connectivity index (χ1) is 8.71. The molecule has 0 radical (unpaired) electrons. The molecule has 0 aromatic heterocycles. The van der Waals surface area contributed by atoms with E-state index >= 15 is 0 Å². The van der Waals surface area contributed by atoms with Gasteiger partial charge in [-0.2, -0.15) is 0 Å². The second kappa shape index (κ2) is 5.17. The molecule has 2 fully saturated rings. The van der Waals surface area contributed by atoms with Crippen molar-refractivity contribution in [2.75, 3.05) is 25.1 Å². The van der Waals surface area contributed by atoms with Gasteiger partial charge < -0.3 is 4.90 Å². The molecule has 2 unspecified atom stereocenters. The zero-order valence-electron chi connectivity index (χ0n) is 12.2. The van der Waals surface area contributed by atoms with Crippen LogP contribution in [0.5, 0.6) is 0 Å². The highest BCUT2D eigenvalue weighted by Crippen LogP contribution is 2.36. The second-order valence-electron chi connectivity index (χ2n) is 6.83. The number of ketones is 1. The summed E-state index contributed by atoms with van der Waals surface area (Å²) >= 11 is 0. The van der Waals surface area contributed by atoms with E-state index in [1.165, 1.54) is 0 Å². The Hall–Kier alpha value is -0.420. The van der Waals surface area contributed by atoms with Gasteiger partial charge in [-0.3, -0.25) is 4.79 Å². The van der Waals surface area contributed by atoms with E-state index in [-0.39, 0.29) is 23.1 Å². The first-order valence-electron chi connectivity index (χ1n) is 7.16. The highest BCUT2D eigenvalue weighted by atomic mass is 32.2. The average molecular weight is 287 g/mol. The molecule has 4 nitrogen and oxygen atoms in total. The molecule has 0 bridgehead atoms. The molecule has 2 aliphatic rings. The van der Waals surface area contributed by atoms with Crippen molar-refractivity contribution in [1.29, 1.82) is 0 Å². The van der Waals surface area contributed by atoms with Gasteiger partial charge in [-0.05, 0) is 26.3 Å². The van der Waals surface area contributed by atoms with Gasteiger partial charge in [-0.25, -0.2) is 8.42 Å². The maximum atomic E-state index is 12.4. The van der Waals surface area contributed by atoms with Crippen molar-refractivity contribution >= 4 is 15.6 Å². The van der Waals surface area contributed by atoms with Crippen LogP contribution < -0.4 is 0 Å². The number of hydrogen-bond donors (Lipinski definition) is 0. The number of rotatable bonds is 3. The number of sulfone groups is 1. The van der Waals surface area contributed by atoms with Crippen LogP contribution in [-0.4, -0.2) is 50.2 Å². The highest BCUT2D eigenvalue weighted by molar-refractivity contribution is 7.91. The Bertz CT molecular complexity index is 455. The van der Waals surface area contributed by atoms with Crippen molar-refractivity contribution < 1.29 is 13.2 Å². The Labute approximate surface area is 116 Å². The van der Waals surface area contributed by atoms with Crippen molar-refractivity contribution in [3.8, 4) is 0 Å². The van der Waals surface area contributed by atoms with E-state index in [1.807, 2.05) is 20.9 Å². The van der Waals surface area contributed by atoms with Crippen LogP contribution in [0.4, 0.5) is 0 Å². The molecule has 1 heterocycles. The summed E-state index contributed by atoms with van der Waals surface area (Å²) in [6.07, 6.45) is 3.74. The maximum absolute atomic E-state index is 12.4. The maximum Gasteiger partial charge on any atom is 0.151 e. The summed E-state index contributed by atoms with van der Waals surface area (Å²) in [5, 5.41) is 0. The van der Waals surface area contributed by atoms with Gasteiger partial charge in [0, 0.05) is 23.9 Å². The Balaban J connectivity index is 1.96. The van der Waals surface area contributed by atoms with Gasteiger partial charge in [-0.1, -0.05) is 20.3 Å². The fourth-order valence-electron chi connectivity index (χ4n) is 3.39. The lowest BCUT2D eigenvalue weighted by Gasteiger charge is -2.36. The van der Waals surface area contributed by atoms with Crippen LogP contribution in [0.3, 0.4) is 0 Å². The third-order valence-electron chi connectivity index (χ3n) is 4.73. The van der Waals surface area contributed by atoms with E-state index in [0.29, 0.717) is 24.5 Å². The van der Waals surface area contributed by atoms with Crippen LogP contribution >= 0.6 is 0 Å². The molecule has 0 aromatic carbocycles. The molecule has 2 atom stereocenters. The molecule has 1 aliphatic heterocycles. The molecule has 19 heavy (non-hydrogen) atoms. The van der Waals surface area contributed by atoms with Crippen LogP contribution in [0.1, 0.15) is 39.5 Å². The van der Waals surface area contributed by atoms with Gasteiger partial charge in [0.25, 0.3) is 0 Å². The van der Waals surface area contributed by atoms with Crippen molar-refractivity contribution in [3.63, 3.8) is 0 Å². The highest BCUT2D eigenvalue weighted by Gasteiger charge is 2.39. The molecule has 1 saturated heterocycles. The Morgan fingerprint density at radius 2 is 2.00 bits per heavy atom. The van der Waals surface area contributed by atoms with E-state index in [9.17, 15) is 13.2 Å². The number of hydrogen-bond acceptors (Lipinski definition) is 4. The van der Waals surface area contributed by atoms with E-state index < -0.39 is 9.84 Å². The van der Waals surface area contributed by atoms with Crippen molar-refractivity contribution in [2.45, 2.75) is 45.6 Å². The molecule has 5 heteroatoms. The molecule has 0 N–H and O–H groups in total. The Kier molecular flexibility index (Phi) is 4.07. The molecule has 0 spiro atoms. The van der Waals surface area contributed by atoms with Crippen LogP contribution in [0.2, 0.25) is 0 Å². The van der Waals surface area contributed by atoms with Crippen LogP contribution in [-0.2, 0) is 14.6 Å². The minimum absolute atomic E-state index is 0.0806. The summed E-state index contributed by atoms with van der Waals surface area (Å²) in [4.78, 5) is 14.5. The van der Waals surface area contributed by atoms with Crippen LogP contribution in [0, 0.1) is 11.3 Å². The molecular weight excluding hydrogens is 262 g/mol. The topological polar surface area (TPSA) is 54.5 Å². The smallest absolute Gasteiger partial charge is 0.151 e. The minimum Gasteiger partial charge on any atom is -0.302 e. The third kappa shape index (κ3) is 3.37. The van der Waals surface area contributed by atoms with Crippen molar-refractivity contribution in [3.05, 3.63) is 0 Å². The van der Waals surface area contributed by atoms with Crippen molar-refractivity contribution in [2.24, 2.45) is 11.3 Å².